The van der Waals surface area contributed by atoms with Gasteiger partial charge in [-0.15, -0.1) is 0 Å². The van der Waals surface area contributed by atoms with Crippen molar-refractivity contribution >= 4 is 12.1 Å². The fourth-order valence-electron chi connectivity index (χ4n) is 1.95. The molecule has 0 saturated heterocycles. The van der Waals surface area contributed by atoms with E-state index in [1.807, 2.05) is 27.7 Å². The van der Waals surface area contributed by atoms with E-state index < -0.39 is 12.1 Å². The number of hydrogen-bond acceptors (Lipinski definition) is 4. The van der Waals surface area contributed by atoms with Crippen molar-refractivity contribution in [1.82, 2.24) is 4.90 Å². The minimum absolute atomic E-state index is 0.266. The van der Waals surface area contributed by atoms with E-state index in [9.17, 15) is 9.59 Å². The minimum atomic E-state index is -0.582. The van der Waals surface area contributed by atoms with Gasteiger partial charge in [0, 0.05) is 7.05 Å². The van der Waals surface area contributed by atoms with E-state index in [1.165, 1.54) is 4.90 Å². The van der Waals surface area contributed by atoms with E-state index in [-0.39, 0.29) is 17.8 Å². The molecule has 0 aliphatic carbocycles. The number of carbonyl (C=O) groups excluding carboxylic acids is 2. The van der Waals surface area contributed by atoms with E-state index in [0.29, 0.717) is 19.6 Å². The number of rotatable bonds is 10. The van der Waals surface area contributed by atoms with Gasteiger partial charge in [-0.3, -0.25) is 4.90 Å². The molecular formula is C17H33NO4. The molecule has 1 amide bonds. The van der Waals surface area contributed by atoms with Gasteiger partial charge in [0.15, 0.2) is 0 Å². The number of carbonyl (C=O) groups is 2. The van der Waals surface area contributed by atoms with Crippen LogP contribution in [0.2, 0.25) is 0 Å². The number of hydrogen-bond donors (Lipinski definition) is 0. The van der Waals surface area contributed by atoms with Gasteiger partial charge >= 0.3 is 12.1 Å². The Morgan fingerprint density at radius 3 is 2.14 bits per heavy atom. The van der Waals surface area contributed by atoms with E-state index in [1.54, 1.807) is 7.05 Å². The molecular weight excluding hydrogens is 282 g/mol. The van der Waals surface area contributed by atoms with Crippen molar-refractivity contribution in [2.45, 2.75) is 66.3 Å². The summed E-state index contributed by atoms with van der Waals surface area (Å²) in [7, 11) is 1.60. The van der Waals surface area contributed by atoms with E-state index in [0.717, 1.165) is 19.3 Å². The van der Waals surface area contributed by atoms with Gasteiger partial charge in [0.05, 0.1) is 13.2 Å². The first-order valence-electron chi connectivity index (χ1n) is 8.35. The predicted molar refractivity (Wildman–Crippen MR) is 87.7 cm³/mol. The molecule has 130 valence electrons. The summed E-state index contributed by atoms with van der Waals surface area (Å²) in [5, 5.41) is 0. The Labute approximate surface area is 135 Å². The highest BCUT2D eigenvalue weighted by molar-refractivity contribution is 5.81. The summed E-state index contributed by atoms with van der Waals surface area (Å²) in [5.41, 5.74) is 0. The zero-order valence-electron chi connectivity index (χ0n) is 15.1. The lowest BCUT2D eigenvalue weighted by Gasteiger charge is -2.27. The number of likely N-dealkylation sites (N-methyl/N-ethyl adjacent to an activating group) is 1. The smallest absolute Gasteiger partial charge is 0.410 e. The van der Waals surface area contributed by atoms with E-state index in [2.05, 4.69) is 6.92 Å². The highest BCUT2D eigenvalue weighted by atomic mass is 16.6. The van der Waals surface area contributed by atoms with Crippen LogP contribution in [-0.4, -0.2) is 43.3 Å². The molecule has 5 heteroatoms. The monoisotopic (exact) mass is 315 g/mol. The second kappa shape index (κ2) is 11.3. The molecule has 0 radical (unpaired) electrons. The lowest BCUT2D eigenvalue weighted by atomic mass is 10.0. The number of amides is 1. The Bertz CT molecular complexity index is 329. The molecule has 0 saturated carbocycles. The van der Waals surface area contributed by atoms with Crippen molar-refractivity contribution < 1.29 is 19.1 Å². The Hall–Kier alpha value is -1.26. The number of unbranched alkanes of at least 4 members (excludes halogenated alkanes) is 2. The summed E-state index contributed by atoms with van der Waals surface area (Å²) in [5.74, 6) is 0.212. The maximum absolute atomic E-state index is 12.3. The zero-order chi connectivity index (χ0) is 17.1. The molecule has 22 heavy (non-hydrogen) atoms. The molecule has 1 unspecified atom stereocenters. The minimum Gasteiger partial charge on any atom is -0.464 e. The average Bonchev–Trinajstić information content (AvgIpc) is 2.45. The van der Waals surface area contributed by atoms with Crippen molar-refractivity contribution in [2.24, 2.45) is 11.8 Å². The fourth-order valence-corrected chi connectivity index (χ4v) is 1.95. The Kier molecular flexibility index (Phi) is 10.7. The van der Waals surface area contributed by atoms with Crippen molar-refractivity contribution in [3.05, 3.63) is 0 Å². The Morgan fingerprint density at radius 1 is 1.00 bits per heavy atom. The third-order valence-corrected chi connectivity index (χ3v) is 3.25. The summed E-state index contributed by atoms with van der Waals surface area (Å²) in [4.78, 5) is 25.7. The van der Waals surface area contributed by atoms with Gasteiger partial charge in [-0.25, -0.2) is 9.59 Å². The lowest BCUT2D eigenvalue weighted by Crippen LogP contribution is -2.44. The second-order valence-corrected chi connectivity index (χ2v) is 6.60. The molecule has 0 spiro atoms. The molecule has 0 aromatic heterocycles. The van der Waals surface area contributed by atoms with Gasteiger partial charge in [0.1, 0.15) is 6.04 Å². The largest absolute Gasteiger partial charge is 0.464 e. The summed E-state index contributed by atoms with van der Waals surface area (Å²) in [6.07, 6.45) is 3.07. The Morgan fingerprint density at radius 2 is 1.64 bits per heavy atom. The molecule has 0 aliphatic rings. The first-order valence-corrected chi connectivity index (χ1v) is 8.35. The topological polar surface area (TPSA) is 55.8 Å². The first-order chi connectivity index (χ1) is 10.3. The van der Waals surface area contributed by atoms with Crippen LogP contribution >= 0.6 is 0 Å². The normalized spacial score (nSPS) is 12.4. The summed E-state index contributed by atoms with van der Waals surface area (Å²) >= 11 is 0. The van der Waals surface area contributed by atoms with E-state index in [4.69, 9.17) is 9.47 Å². The van der Waals surface area contributed by atoms with Gasteiger partial charge < -0.3 is 9.47 Å². The van der Waals surface area contributed by atoms with E-state index >= 15 is 0 Å². The van der Waals surface area contributed by atoms with Crippen LogP contribution < -0.4 is 0 Å². The maximum Gasteiger partial charge on any atom is 0.410 e. The third-order valence-electron chi connectivity index (χ3n) is 3.25. The molecule has 0 bridgehead atoms. The van der Waals surface area contributed by atoms with Gasteiger partial charge in [-0.1, -0.05) is 47.5 Å². The van der Waals surface area contributed by atoms with Crippen molar-refractivity contribution in [1.29, 1.82) is 0 Å². The van der Waals surface area contributed by atoms with Crippen LogP contribution in [0.15, 0.2) is 0 Å². The van der Waals surface area contributed by atoms with Crippen LogP contribution in [-0.2, 0) is 14.3 Å². The van der Waals surface area contributed by atoms with Gasteiger partial charge in [-0.05, 0) is 24.7 Å². The maximum atomic E-state index is 12.3. The first kappa shape index (κ1) is 20.7. The summed E-state index contributed by atoms with van der Waals surface area (Å²) < 4.78 is 10.5. The van der Waals surface area contributed by atoms with Crippen LogP contribution in [0, 0.1) is 11.8 Å². The van der Waals surface area contributed by atoms with Crippen LogP contribution in [0.4, 0.5) is 4.79 Å². The average molecular weight is 315 g/mol. The van der Waals surface area contributed by atoms with Crippen LogP contribution in [0.25, 0.3) is 0 Å². The van der Waals surface area contributed by atoms with Gasteiger partial charge in [-0.2, -0.15) is 0 Å². The molecule has 0 aromatic rings. The molecule has 0 fully saturated rings. The van der Waals surface area contributed by atoms with Crippen molar-refractivity contribution in [3.63, 3.8) is 0 Å². The number of nitrogens with zero attached hydrogens (tertiary/aromatic N) is 1. The molecule has 0 N–H and O–H groups in total. The molecule has 1 atom stereocenters. The number of esters is 1. The van der Waals surface area contributed by atoms with Gasteiger partial charge in [0.2, 0.25) is 0 Å². The summed E-state index contributed by atoms with van der Waals surface area (Å²) in [6.45, 7) is 10.8. The quantitative estimate of drug-likeness (QED) is 0.454. The number of ether oxygens (including phenoxy) is 2. The predicted octanol–water partition coefficient (Wildman–Crippen LogP) is 3.86. The molecule has 0 heterocycles. The second-order valence-electron chi connectivity index (χ2n) is 6.60. The SMILES string of the molecule is CCCCCOC(=O)C(CC(C)C)N(C)C(=O)OCC(C)C. The third kappa shape index (κ3) is 8.90. The van der Waals surface area contributed by atoms with Crippen LogP contribution in [0.1, 0.15) is 60.3 Å². The summed E-state index contributed by atoms with van der Waals surface area (Å²) in [6, 6.07) is -0.582. The van der Waals surface area contributed by atoms with Gasteiger partial charge in [0.25, 0.3) is 0 Å². The Balaban J connectivity index is 4.59. The molecule has 0 aromatic carbocycles. The van der Waals surface area contributed by atoms with Crippen LogP contribution in [0.3, 0.4) is 0 Å². The van der Waals surface area contributed by atoms with Crippen molar-refractivity contribution in [3.8, 4) is 0 Å². The standard InChI is InChI=1S/C17H33NO4/c1-7-8-9-10-21-16(19)15(11-13(2)3)18(6)17(20)22-12-14(4)5/h13-15H,7-12H2,1-6H3. The highest BCUT2D eigenvalue weighted by Gasteiger charge is 2.30. The molecule has 0 aliphatic heterocycles. The molecule has 0 rings (SSSR count). The van der Waals surface area contributed by atoms with Crippen molar-refractivity contribution in [2.75, 3.05) is 20.3 Å². The molecule has 5 nitrogen and oxygen atoms in total. The lowest BCUT2D eigenvalue weighted by molar-refractivity contribution is -0.149. The highest BCUT2D eigenvalue weighted by Crippen LogP contribution is 2.14. The zero-order valence-corrected chi connectivity index (χ0v) is 15.1. The fraction of sp³-hybridized carbons (Fsp3) is 0.882. The van der Waals surface area contributed by atoms with Crippen LogP contribution in [0.5, 0.6) is 0 Å².